The summed E-state index contributed by atoms with van der Waals surface area (Å²) >= 11 is 3.55. The zero-order chi connectivity index (χ0) is 12.2. The number of aryl methyl sites for hydroxylation is 1. The van der Waals surface area contributed by atoms with Crippen LogP contribution >= 0.6 is 15.9 Å². The second-order valence-electron chi connectivity index (χ2n) is 4.11. The third kappa shape index (κ3) is 2.74. The van der Waals surface area contributed by atoms with Crippen LogP contribution in [0, 0.1) is 6.92 Å². The Kier molecular flexibility index (Phi) is 4.74. The van der Waals surface area contributed by atoms with Crippen LogP contribution in [0.3, 0.4) is 0 Å². The van der Waals surface area contributed by atoms with Gasteiger partial charge in [-0.15, -0.1) is 0 Å². The second-order valence-corrected chi connectivity index (χ2v) is 4.90. The molecule has 1 aromatic rings. The topological polar surface area (TPSA) is 50.9 Å². The molecule has 0 bridgehead atoms. The van der Waals surface area contributed by atoms with Crippen LogP contribution in [0.1, 0.15) is 32.3 Å². The van der Waals surface area contributed by atoms with Gasteiger partial charge in [0.1, 0.15) is 5.82 Å². The van der Waals surface area contributed by atoms with E-state index in [4.69, 9.17) is 5.73 Å². The average molecular weight is 286 g/mol. The molecule has 0 aromatic carbocycles. The van der Waals surface area contributed by atoms with Gasteiger partial charge in [-0.25, -0.2) is 4.98 Å². The Morgan fingerprint density at radius 3 is 2.56 bits per heavy atom. The molecule has 3 nitrogen and oxygen atoms in total. The minimum atomic E-state index is -0.0523. The van der Waals surface area contributed by atoms with Gasteiger partial charge >= 0.3 is 0 Å². The van der Waals surface area contributed by atoms with Crippen molar-refractivity contribution in [3.05, 3.63) is 22.3 Å². The first-order valence-corrected chi connectivity index (χ1v) is 6.47. The molecule has 0 aliphatic rings. The van der Waals surface area contributed by atoms with Gasteiger partial charge in [0, 0.05) is 12.7 Å². The van der Waals surface area contributed by atoms with Gasteiger partial charge in [-0.2, -0.15) is 0 Å². The number of halogens is 1. The molecule has 4 heteroatoms. The van der Waals surface area contributed by atoms with E-state index in [-0.39, 0.29) is 5.54 Å². The summed E-state index contributed by atoms with van der Waals surface area (Å²) in [7, 11) is 0. The fourth-order valence-electron chi connectivity index (χ4n) is 1.65. The molecule has 16 heavy (non-hydrogen) atoms. The normalized spacial score (nSPS) is 11.6. The largest absolute Gasteiger partial charge is 0.362 e. The molecule has 3 N–H and O–H groups in total. The molecule has 0 spiro atoms. The number of hydrogen-bond donors (Lipinski definition) is 2. The summed E-state index contributed by atoms with van der Waals surface area (Å²) in [5, 5.41) is 3.47. The predicted octanol–water partition coefficient (Wildman–Crippen LogP) is 3.08. The molecule has 0 saturated heterocycles. The summed E-state index contributed by atoms with van der Waals surface area (Å²) in [5.74, 6) is 0.883. The van der Waals surface area contributed by atoms with Gasteiger partial charge in [-0.1, -0.05) is 13.8 Å². The summed E-state index contributed by atoms with van der Waals surface area (Å²) in [6.07, 6.45) is 3.79. The number of pyridine rings is 1. The maximum absolute atomic E-state index is 5.86. The Hall–Kier alpha value is -0.610. The summed E-state index contributed by atoms with van der Waals surface area (Å²) < 4.78 is 1.02. The molecule has 0 atom stereocenters. The lowest BCUT2D eigenvalue weighted by Crippen LogP contribution is -2.44. The molecule has 0 unspecified atom stereocenters. The third-order valence-corrected chi connectivity index (χ3v) is 4.21. The van der Waals surface area contributed by atoms with Crippen molar-refractivity contribution in [3.63, 3.8) is 0 Å². The first-order valence-electron chi connectivity index (χ1n) is 5.68. The Morgan fingerprint density at radius 2 is 2.06 bits per heavy atom. The van der Waals surface area contributed by atoms with Crippen molar-refractivity contribution in [1.82, 2.24) is 4.98 Å². The average Bonchev–Trinajstić information content (AvgIpc) is 2.32. The molecule has 1 rings (SSSR count). The van der Waals surface area contributed by atoms with Crippen LogP contribution in [0.4, 0.5) is 5.82 Å². The quantitative estimate of drug-likeness (QED) is 0.874. The van der Waals surface area contributed by atoms with Crippen LogP contribution in [-0.4, -0.2) is 17.1 Å². The van der Waals surface area contributed by atoms with E-state index in [1.807, 2.05) is 12.3 Å². The maximum atomic E-state index is 5.86. The molecular weight excluding hydrogens is 266 g/mol. The highest BCUT2D eigenvalue weighted by Crippen LogP contribution is 2.28. The van der Waals surface area contributed by atoms with Crippen molar-refractivity contribution in [1.29, 1.82) is 0 Å². The minimum absolute atomic E-state index is 0.0523. The van der Waals surface area contributed by atoms with Gasteiger partial charge in [0.25, 0.3) is 0 Å². The van der Waals surface area contributed by atoms with Crippen LogP contribution < -0.4 is 11.1 Å². The first-order chi connectivity index (χ1) is 7.58. The number of nitrogens with two attached hydrogens (primary N) is 1. The third-order valence-electron chi connectivity index (χ3n) is 3.21. The molecule has 0 radical (unpaired) electrons. The monoisotopic (exact) mass is 285 g/mol. The van der Waals surface area contributed by atoms with E-state index >= 15 is 0 Å². The van der Waals surface area contributed by atoms with Gasteiger partial charge in [-0.3, -0.25) is 0 Å². The Morgan fingerprint density at radius 1 is 1.44 bits per heavy atom. The van der Waals surface area contributed by atoms with Crippen molar-refractivity contribution in [2.45, 2.75) is 39.2 Å². The summed E-state index contributed by atoms with van der Waals surface area (Å²) in [4.78, 5) is 4.35. The van der Waals surface area contributed by atoms with E-state index in [1.165, 1.54) is 5.56 Å². The number of hydrogen-bond acceptors (Lipinski definition) is 3. The number of aromatic nitrogens is 1. The lowest BCUT2D eigenvalue weighted by Gasteiger charge is -2.32. The molecular formula is C12H20BrN3. The van der Waals surface area contributed by atoms with E-state index in [9.17, 15) is 0 Å². The SMILES string of the molecule is CCC(CC)(CN)Nc1nccc(C)c1Br. The smallest absolute Gasteiger partial charge is 0.141 e. The Balaban J connectivity index is 2.98. The van der Waals surface area contributed by atoms with Crippen LogP contribution in [-0.2, 0) is 0 Å². The first kappa shape index (κ1) is 13.5. The van der Waals surface area contributed by atoms with Crippen molar-refractivity contribution in [3.8, 4) is 0 Å². The molecule has 0 aliphatic heterocycles. The van der Waals surface area contributed by atoms with E-state index in [0.29, 0.717) is 6.54 Å². The lowest BCUT2D eigenvalue weighted by atomic mass is 9.93. The number of rotatable bonds is 5. The van der Waals surface area contributed by atoms with Gasteiger partial charge < -0.3 is 11.1 Å². The Labute approximate surface area is 106 Å². The van der Waals surface area contributed by atoms with Crippen molar-refractivity contribution >= 4 is 21.7 Å². The highest BCUT2D eigenvalue weighted by molar-refractivity contribution is 9.10. The van der Waals surface area contributed by atoms with Gasteiger partial charge in [0.15, 0.2) is 0 Å². The van der Waals surface area contributed by atoms with E-state index < -0.39 is 0 Å². The number of nitrogens with zero attached hydrogens (tertiary/aromatic N) is 1. The molecule has 1 heterocycles. The Bertz CT molecular complexity index is 340. The van der Waals surface area contributed by atoms with E-state index in [0.717, 1.165) is 23.1 Å². The van der Waals surface area contributed by atoms with E-state index in [1.54, 1.807) is 0 Å². The molecule has 0 amide bonds. The predicted molar refractivity (Wildman–Crippen MR) is 72.7 cm³/mol. The fourth-order valence-corrected chi connectivity index (χ4v) is 1.98. The van der Waals surface area contributed by atoms with Crippen LogP contribution in [0.5, 0.6) is 0 Å². The lowest BCUT2D eigenvalue weighted by molar-refractivity contribution is 0.443. The number of nitrogens with one attached hydrogen (secondary N) is 1. The highest BCUT2D eigenvalue weighted by atomic mass is 79.9. The van der Waals surface area contributed by atoms with Crippen molar-refractivity contribution in [2.75, 3.05) is 11.9 Å². The van der Waals surface area contributed by atoms with Crippen LogP contribution in [0.2, 0.25) is 0 Å². The molecule has 1 aromatic heterocycles. The summed E-state index contributed by atoms with van der Waals surface area (Å²) in [6, 6.07) is 1.98. The van der Waals surface area contributed by atoms with Crippen molar-refractivity contribution in [2.24, 2.45) is 5.73 Å². The zero-order valence-electron chi connectivity index (χ0n) is 10.2. The fraction of sp³-hybridized carbons (Fsp3) is 0.583. The maximum Gasteiger partial charge on any atom is 0.141 e. The van der Waals surface area contributed by atoms with Gasteiger partial charge in [0.05, 0.1) is 10.0 Å². The molecule has 90 valence electrons. The highest BCUT2D eigenvalue weighted by Gasteiger charge is 2.25. The standard InChI is InChI=1S/C12H20BrN3/c1-4-12(5-2,8-14)16-11-10(13)9(3)6-7-15-11/h6-7H,4-5,8,14H2,1-3H3,(H,15,16). The minimum Gasteiger partial charge on any atom is -0.362 e. The van der Waals surface area contributed by atoms with Gasteiger partial charge in [-0.05, 0) is 47.3 Å². The second kappa shape index (κ2) is 5.64. The summed E-state index contributed by atoms with van der Waals surface area (Å²) in [6.45, 7) is 6.96. The molecule has 0 saturated carbocycles. The number of anilines is 1. The zero-order valence-corrected chi connectivity index (χ0v) is 11.8. The van der Waals surface area contributed by atoms with Crippen LogP contribution in [0.25, 0.3) is 0 Å². The van der Waals surface area contributed by atoms with Crippen LogP contribution in [0.15, 0.2) is 16.7 Å². The molecule has 0 aliphatic carbocycles. The van der Waals surface area contributed by atoms with Crippen molar-refractivity contribution < 1.29 is 0 Å². The molecule has 0 fully saturated rings. The van der Waals surface area contributed by atoms with E-state index in [2.05, 4.69) is 47.0 Å². The summed E-state index contributed by atoms with van der Waals surface area (Å²) in [5.41, 5.74) is 6.98. The van der Waals surface area contributed by atoms with Gasteiger partial charge in [0.2, 0.25) is 0 Å².